The predicted molar refractivity (Wildman–Crippen MR) is 105 cm³/mol. The van der Waals surface area contributed by atoms with E-state index in [9.17, 15) is 15.0 Å². The fourth-order valence-corrected chi connectivity index (χ4v) is 7.42. The van der Waals surface area contributed by atoms with Gasteiger partial charge in [0.2, 0.25) is 0 Å². The lowest BCUT2D eigenvalue weighted by Crippen LogP contribution is -2.75. The zero-order valence-electron chi connectivity index (χ0n) is 18.3. The fraction of sp³-hybridized carbons (Fsp3) is 0.870. The first-order valence-electron chi connectivity index (χ1n) is 10.9. The standard InChI is InChI=1S/C23H34O6/c1-11-13(24)9-12-16(25)18-22(6,8-7-14-23(18,26)10-27-14)19-17(15(11)20(12,2)3)28-21(4,5)29-19/h12,14,16-19,25-26H,7-10H2,1-6H3/t12-,14+,16+,17+,18-,19-,22+,23-/m0/s1. The maximum Gasteiger partial charge on any atom is 0.164 e. The van der Waals surface area contributed by atoms with Crippen molar-refractivity contribution in [2.24, 2.45) is 22.7 Å². The number of carbonyl (C=O) groups excluding carboxylic acids is 1. The lowest BCUT2D eigenvalue weighted by atomic mass is 9.46. The van der Waals surface area contributed by atoms with E-state index >= 15 is 0 Å². The Labute approximate surface area is 172 Å². The van der Waals surface area contributed by atoms with E-state index in [4.69, 9.17) is 14.2 Å². The van der Waals surface area contributed by atoms with E-state index in [1.54, 1.807) is 0 Å². The third kappa shape index (κ3) is 2.38. The molecule has 5 aliphatic rings. The second kappa shape index (κ2) is 5.71. The van der Waals surface area contributed by atoms with Crippen LogP contribution in [-0.4, -0.2) is 58.4 Å². The summed E-state index contributed by atoms with van der Waals surface area (Å²) in [5, 5.41) is 23.4. The quantitative estimate of drug-likeness (QED) is 0.642. The molecule has 2 bridgehead atoms. The molecular formula is C23H34O6. The van der Waals surface area contributed by atoms with Gasteiger partial charge in [-0.1, -0.05) is 20.8 Å². The summed E-state index contributed by atoms with van der Waals surface area (Å²) < 4.78 is 18.7. The summed E-state index contributed by atoms with van der Waals surface area (Å²) >= 11 is 0. The number of rotatable bonds is 0. The van der Waals surface area contributed by atoms with Gasteiger partial charge in [0.25, 0.3) is 0 Å². The van der Waals surface area contributed by atoms with Crippen LogP contribution in [-0.2, 0) is 19.0 Å². The molecule has 2 N–H and O–H groups in total. The van der Waals surface area contributed by atoms with Crippen molar-refractivity contribution < 1.29 is 29.2 Å². The van der Waals surface area contributed by atoms with Gasteiger partial charge in [-0.15, -0.1) is 0 Å². The van der Waals surface area contributed by atoms with Gasteiger partial charge in [-0.05, 0) is 50.2 Å². The molecule has 0 aromatic carbocycles. The molecule has 29 heavy (non-hydrogen) atoms. The van der Waals surface area contributed by atoms with E-state index in [2.05, 4.69) is 20.8 Å². The Morgan fingerprint density at radius 2 is 1.79 bits per heavy atom. The first-order valence-corrected chi connectivity index (χ1v) is 10.9. The van der Waals surface area contributed by atoms with Crippen molar-refractivity contribution in [3.63, 3.8) is 0 Å². The average molecular weight is 407 g/mol. The number of fused-ring (bicyclic) bond motifs is 8. The molecule has 2 saturated carbocycles. The lowest BCUT2D eigenvalue weighted by Gasteiger charge is -2.65. The monoisotopic (exact) mass is 406 g/mol. The number of hydrogen-bond acceptors (Lipinski definition) is 6. The van der Waals surface area contributed by atoms with Gasteiger partial charge in [0, 0.05) is 23.7 Å². The molecule has 2 heterocycles. The normalized spacial score (nSPS) is 52.6. The predicted octanol–water partition coefficient (Wildman–Crippen LogP) is 2.36. The Balaban J connectivity index is 1.76. The molecule has 0 spiro atoms. The summed E-state index contributed by atoms with van der Waals surface area (Å²) in [6.45, 7) is 12.2. The number of Topliss-reactive ketones (excluding diaryl/α,β-unsaturated/α-hetero) is 1. The highest BCUT2D eigenvalue weighted by molar-refractivity contribution is 5.97. The number of hydrogen-bond donors (Lipinski definition) is 2. The molecule has 3 aliphatic carbocycles. The zero-order valence-corrected chi connectivity index (χ0v) is 18.3. The Hall–Kier alpha value is -0.790. The van der Waals surface area contributed by atoms with Crippen LogP contribution in [0.2, 0.25) is 0 Å². The molecule has 0 aromatic heterocycles. The summed E-state index contributed by atoms with van der Waals surface area (Å²) in [4.78, 5) is 13.0. The second-order valence-electron chi connectivity index (χ2n) is 11.3. The summed E-state index contributed by atoms with van der Waals surface area (Å²) in [5.41, 5.74) is -0.324. The maximum atomic E-state index is 13.0. The first kappa shape index (κ1) is 20.1. The molecule has 0 amide bonds. The average Bonchev–Trinajstić information content (AvgIpc) is 2.91. The summed E-state index contributed by atoms with van der Waals surface area (Å²) in [7, 11) is 0. The van der Waals surface area contributed by atoms with Gasteiger partial charge in [-0.25, -0.2) is 0 Å². The van der Waals surface area contributed by atoms with Crippen LogP contribution in [0.1, 0.15) is 60.8 Å². The first-order chi connectivity index (χ1) is 13.3. The van der Waals surface area contributed by atoms with Crippen LogP contribution in [0.3, 0.4) is 0 Å². The minimum Gasteiger partial charge on any atom is -0.392 e. The number of carbonyl (C=O) groups is 1. The van der Waals surface area contributed by atoms with Crippen LogP contribution in [0.15, 0.2) is 11.1 Å². The number of aliphatic hydroxyl groups excluding tert-OH is 1. The van der Waals surface area contributed by atoms with E-state index in [0.29, 0.717) is 6.42 Å². The highest BCUT2D eigenvalue weighted by Gasteiger charge is 2.71. The molecule has 0 unspecified atom stereocenters. The van der Waals surface area contributed by atoms with Gasteiger partial charge in [0.15, 0.2) is 11.6 Å². The summed E-state index contributed by atoms with van der Waals surface area (Å²) in [6.07, 6.45) is -0.00942. The van der Waals surface area contributed by atoms with Crippen molar-refractivity contribution in [1.82, 2.24) is 0 Å². The maximum absolute atomic E-state index is 13.0. The number of ketones is 1. The molecule has 8 atom stereocenters. The molecule has 162 valence electrons. The van der Waals surface area contributed by atoms with Gasteiger partial charge in [-0.2, -0.15) is 0 Å². The van der Waals surface area contributed by atoms with Crippen LogP contribution in [0.4, 0.5) is 0 Å². The Kier molecular flexibility index (Phi) is 3.96. The minimum atomic E-state index is -1.10. The van der Waals surface area contributed by atoms with E-state index in [0.717, 1.165) is 24.0 Å². The molecule has 2 saturated heterocycles. The van der Waals surface area contributed by atoms with Crippen LogP contribution >= 0.6 is 0 Å². The summed E-state index contributed by atoms with van der Waals surface area (Å²) in [5.74, 6) is -1.46. The van der Waals surface area contributed by atoms with Crippen molar-refractivity contribution in [2.75, 3.05) is 6.61 Å². The molecular weight excluding hydrogens is 372 g/mol. The third-order valence-corrected chi connectivity index (χ3v) is 8.90. The fourth-order valence-electron chi connectivity index (χ4n) is 7.42. The van der Waals surface area contributed by atoms with Gasteiger partial charge in [0.05, 0.1) is 24.9 Å². The second-order valence-corrected chi connectivity index (χ2v) is 11.3. The number of allylic oxidation sites excluding steroid dienone is 1. The highest BCUT2D eigenvalue weighted by atomic mass is 16.8. The van der Waals surface area contributed by atoms with E-state index < -0.39 is 34.2 Å². The molecule has 5 rings (SSSR count). The van der Waals surface area contributed by atoms with Gasteiger partial charge >= 0.3 is 0 Å². The van der Waals surface area contributed by atoms with Crippen LogP contribution in [0.25, 0.3) is 0 Å². The number of ether oxygens (including phenoxy) is 3. The van der Waals surface area contributed by atoms with Crippen molar-refractivity contribution >= 4 is 5.78 Å². The van der Waals surface area contributed by atoms with E-state index in [-0.39, 0.29) is 36.6 Å². The molecule has 4 fully saturated rings. The highest BCUT2D eigenvalue weighted by Crippen LogP contribution is 2.64. The van der Waals surface area contributed by atoms with E-state index in [1.807, 2.05) is 20.8 Å². The molecule has 6 heteroatoms. The van der Waals surface area contributed by atoms with Crippen LogP contribution in [0, 0.1) is 22.7 Å². The molecule has 0 radical (unpaired) electrons. The smallest absolute Gasteiger partial charge is 0.164 e. The number of aliphatic hydroxyl groups is 2. The van der Waals surface area contributed by atoms with E-state index in [1.165, 1.54) is 0 Å². The SMILES string of the molecule is CC1=C2[C@H]3OC(C)(C)O[C@@H]3[C@]3(C)CC[C@H]4OC[C@@]4(O)[C@H]3[C@H](O)[C@H](CC1=O)C2(C)C. The van der Waals surface area contributed by atoms with Gasteiger partial charge < -0.3 is 24.4 Å². The van der Waals surface area contributed by atoms with Gasteiger partial charge in [0.1, 0.15) is 11.7 Å². The Morgan fingerprint density at radius 3 is 2.41 bits per heavy atom. The van der Waals surface area contributed by atoms with Crippen LogP contribution < -0.4 is 0 Å². The summed E-state index contributed by atoms with van der Waals surface area (Å²) in [6, 6.07) is 0. The van der Waals surface area contributed by atoms with Crippen LogP contribution in [0.5, 0.6) is 0 Å². The molecule has 6 nitrogen and oxygen atoms in total. The third-order valence-electron chi connectivity index (χ3n) is 8.90. The molecule has 2 aliphatic heterocycles. The van der Waals surface area contributed by atoms with Crippen molar-refractivity contribution in [2.45, 2.75) is 96.6 Å². The Morgan fingerprint density at radius 1 is 1.10 bits per heavy atom. The minimum absolute atomic E-state index is 0.0586. The van der Waals surface area contributed by atoms with Crippen molar-refractivity contribution in [3.8, 4) is 0 Å². The Bertz CT molecular complexity index is 799. The van der Waals surface area contributed by atoms with Crippen molar-refractivity contribution in [3.05, 3.63) is 11.1 Å². The largest absolute Gasteiger partial charge is 0.392 e. The molecule has 0 aromatic rings. The van der Waals surface area contributed by atoms with Gasteiger partial charge in [-0.3, -0.25) is 4.79 Å². The lowest BCUT2D eigenvalue weighted by molar-refractivity contribution is -0.331. The topological polar surface area (TPSA) is 85.2 Å². The zero-order chi connectivity index (χ0) is 21.1. The van der Waals surface area contributed by atoms with Crippen molar-refractivity contribution in [1.29, 1.82) is 0 Å².